The second kappa shape index (κ2) is 8.70. The van der Waals surface area contributed by atoms with Gasteiger partial charge in [0.25, 0.3) is 0 Å². The molecule has 1 aliphatic heterocycles. The van der Waals surface area contributed by atoms with Gasteiger partial charge in [-0.25, -0.2) is 19.0 Å². The summed E-state index contributed by atoms with van der Waals surface area (Å²) in [7, 11) is 1.51. The molecule has 0 saturated carbocycles. The summed E-state index contributed by atoms with van der Waals surface area (Å²) in [5.74, 6) is -0.330. The molecule has 1 aliphatic carbocycles. The first-order valence-electron chi connectivity index (χ1n) is 11.8. The molecule has 0 bridgehead atoms. The average Bonchev–Trinajstić information content (AvgIpc) is 3.47. The Morgan fingerprint density at radius 1 is 1.17 bits per heavy atom. The fourth-order valence-electron chi connectivity index (χ4n) is 5.14. The van der Waals surface area contributed by atoms with Crippen molar-refractivity contribution in [3.05, 3.63) is 64.7 Å². The van der Waals surface area contributed by atoms with Gasteiger partial charge in [-0.1, -0.05) is 0 Å². The SMILES string of the molecule is CCNc1cc(F)cc2c1Cc1ncc(-c3cnc(OC)nc3)c(-n3nc(C#N)c4c3CNCC4)c1-2. The van der Waals surface area contributed by atoms with E-state index in [2.05, 4.69) is 26.7 Å². The number of hydrogen-bond donors (Lipinski definition) is 2. The molecule has 36 heavy (non-hydrogen) atoms. The molecule has 4 aromatic rings. The van der Waals surface area contributed by atoms with Crippen molar-refractivity contribution in [2.24, 2.45) is 0 Å². The number of benzene rings is 1. The Morgan fingerprint density at radius 2 is 2.00 bits per heavy atom. The largest absolute Gasteiger partial charge is 0.467 e. The zero-order valence-corrected chi connectivity index (χ0v) is 19.9. The van der Waals surface area contributed by atoms with Crippen molar-refractivity contribution < 1.29 is 9.13 Å². The topological polar surface area (TPSA) is 114 Å². The highest BCUT2D eigenvalue weighted by atomic mass is 19.1. The fraction of sp³-hybridized carbons (Fsp3) is 0.269. The van der Waals surface area contributed by atoms with E-state index in [1.165, 1.54) is 13.2 Å². The second-order valence-electron chi connectivity index (χ2n) is 8.71. The van der Waals surface area contributed by atoms with Crippen LogP contribution in [0.1, 0.15) is 35.1 Å². The Morgan fingerprint density at radius 3 is 2.75 bits per heavy atom. The molecule has 0 atom stereocenters. The predicted octanol–water partition coefficient (Wildman–Crippen LogP) is 3.39. The highest BCUT2D eigenvalue weighted by molar-refractivity contribution is 5.92. The van der Waals surface area contributed by atoms with Crippen LogP contribution in [-0.4, -0.2) is 44.9 Å². The number of methoxy groups -OCH3 is 1. The third-order valence-electron chi connectivity index (χ3n) is 6.70. The smallest absolute Gasteiger partial charge is 0.316 e. The Balaban J connectivity index is 1.68. The summed E-state index contributed by atoms with van der Waals surface area (Å²) in [6.07, 6.45) is 6.40. The molecule has 0 unspecified atom stereocenters. The first-order valence-corrected chi connectivity index (χ1v) is 11.8. The van der Waals surface area contributed by atoms with Gasteiger partial charge in [-0.05, 0) is 43.1 Å². The van der Waals surface area contributed by atoms with Crippen molar-refractivity contribution in [3.8, 4) is 40.0 Å². The number of hydrogen-bond acceptors (Lipinski definition) is 8. The van der Waals surface area contributed by atoms with Crippen LogP contribution in [0.15, 0.2) is 30.7 Å². The minimum absolute atomic E-state index is 0.254. The molecule has 2 N–H and O–H groups in total. The first-order chi connectivity index (χ1) is 17.6. The van der Waals surface area contributed by atoms with Gasteiger partial charge in [-0.15, -0.1) is 0 Å². The number of aromatic nitrogens is 5. The van der Waals surface area contributed by atoms with Crippen molar-refractivity contribution in [1.29, 1.82) is 5.26 Å². The van der Waals surface area contributed by atoms with Crippen molar-refractivity contribution in [2.45, 2.75) is 26.3 Å². The molecular weight excluding hydrogens is 459 g/mol. The lowest BCUT2D eigenvalue weighted by Crippen LogP contribution is -2.25. The van der Waals surface area contributed by atoms with Gasteiger partial charge in [0.1, 0.15) is 11.9 Å². The zero-order valence-electron chi connectivity index (χ0n) is 19.9. The van der Waals surface area contributed by atoms with E-state index >= 15 is 0 Å². The fourth-order valence-corrected chi connectivity index (χ4v) is 5.14. The monoisotopic (exact) mass is 482 g/mol. The first kappa shape index (κ1) is 22.1. The Kier molecular flexibility index (Phi) is 5.34. The molecule has 0 spiro atoms. The molecule has 1 aromatic carbocycles. The normalized spacial score (nSPS) is 13.5. The number of nitrogens with one attached hydrogen (secondary N) is 2. The maximum atomic E-state index is 14.8. The third-order valence-corrected chi connectivity index (χ3v) is 6.70. The summed E-state index contributed by atoms with van der Waals surface area (Å²) in [4.78, 5) is 13.4. The molecule has 0 amide bonds. The number of anilines is 1. The molecule has 0 saturated heterocycles. The predicted molar refractivity (Wildman–Crippen MR) is 131 cm³/mol. The number of fused-ring (bicyclic) bond motifs is 4. The van der Waals surface area contributed by atoms with E-state index in [9.17, 15) is 9.65 Å². The van der Waals surface area contributed by atoms with Crippen LogP contribution in [-0.2, 0) is 19.4 Å². The highest BCUT2D eigenvalue weighted by Gasteiger charge is 2.32. The van der Waals surface area contributed by atoms with Crippen LogP contribution >= 0.6 is 0 Å². The van der Waals surface area contributed by atoms with Gasteiger partial charge in [-0.2, -0.15) is 10.4 Å². The van der Waals surface area contributed by atoms with E-state index in [0.717, 1.165) is 57.1 Å². The number of nitriles is 1. The van der Waals surface area contributed by atoms with Crippen LogP contribution in [0.25, 0.3) is 27.9 Å². The number of nitrogens with zero attached hydrogens (tertiary/aromatic N) is 6. The van der Waals surface area contributed by atoms with E-state index in [-0.39, 0.29) is 11.8 Å². The lowest BCUT2D eigenvalue weighted by Gasteiger charge is -2.20. The number of halogens is 1. The Labute approximate surface area is 207 Å². The molecule has 180 valence electrons. The van der Waals surface area contributed by atoms with Gasteiger partial charge in [0, 0.05) is 66.0 Å². The van der Waals surface area contributed by atoms with Crippen LogP contribution in [0.5, 0.6) is 6.01 Å². The van der Waals surface area contributed by atoms with Gasteiger partial charge < -0.3 is 15.4 Å². The molecule has 10 heteroatoms. The van der Waals surface area contributed by atoms with E-state index in [4.69, 9.17) is 14.8 Å². The summed E-state index contributed by atoms with van der Waals surface area (Å²) >= 11 is 0. The maximum Gasteiger partial charge on any atom is 0.316 e. The summed E-state index contributed by atoms with van der Waals surface area (Å²) in [5.41, 5.74) is 8.59. The van der Waals surface area contributed by atoms with Crippen molar-refractivity contribution in [3.63, 3.8) is 0 Å². The van der Waals surface area contributed by atoms with Gasteiger partial charge in [-0.3, -0.25) is 4.98 Å². The van der Waals surface area contributed by atoms with E-state index < -0.39 is 0 Å². The number of ether oxygens (including phenoxy) is 1. The third kappa shape index (κ3) is 3.39. The lowest BCUT2D eigenvalue weighted by atomic mass is 9.98. The Bertz CT molecular complexity index is 1540. The van der Waals surface area contributed by atoms with E-state index in [0.29, 0.717) is 37.2 Å². The average molecular weight is 483 g/mol. The number of rotatable bonds is 5. The minimum atomic E-state index is -0.330. The van der Waals surface area contributed by atoms with Gasteiger partial charge >= 0.3 is 6.01 Å². The van der Waals surface area contributed by atoms with Crippen LogP contribution in [0.4, 0.5) is 10.1 Å². The molecule has 6 rings (SSSR count). The van der Waals surface area contributed by atoms with Crippen molar-refractivity contribution in [1.82, 2.24) is 30.0 Å². The second-order valence-corrected chi connectivity index (χ2v) is 8.71. The molecule has 0 radical (unpaired) electrons. The summed E-state index contributed by atoms with van der Waals surface area (Å²) in [6, 6.07) is 5.59. The highest BCUT2D eigenvalue weighted by Crippen LogP contribution is 2.46. The molecule has 2 aliphatic rings. The van der Waals surface area contributed by atoms with Crippen LogP contribution < -0.4 is 15.4 Å². The van der Waals surface area contributed by atoms with Crippen LogP contribution in [0.2, 0.25) is 0 Å². The summed E-state index contributed by atoms with van der Waals surface area (Å²) in [5, 5.41) is 21.3. The maximum absolute atomic E-state index is 14.8. The molecule has 3 aromatic heterocycles. The number of pyridine rings is 1. The molecular formula is C26H23FN8O. The quantitative estimate of drug-likeness (QED) is 0.392. The van der Waals surface area contributed by atoms with E-state index in [1.54, 1.807) is 24.7 Å². The standard InChI is InChI=1S/C26H23FN8O/c1-3-30-20-7-15(27)6-18-17(20)8-21-24(18)25(19(12-31-21)14-10-32-26(36-2)33-11-14)35-23-13-29-5-4-16(23)22(9-28)34-35/h6-7,10-12,29-30H,3-5,8,13H2,1-2H3. The molecule has 9 nitrogen and oxygen atoms in total. The Hall–Kier alpha value is -4.36. The van der Waals surface area contributed by atoms with Crippen LogP contribution in [0.3, 0.4) is 0 Å². The van der Waals surface area contributed by atoms with Gasteiger partial charge in [0.2, 0.25) is 0 Å². The minimum Gasteiger partial charge on any atom is -0.467 e. The van der Waals surface area contributed by atoms with Crippen molar-refractivity contribution >= 4 is 5.69 Å². The zero-order chi connectivity index (χ0) is 24.8. The lowest BCUT2D eigenvalue weighted by molar-refractivity contribution is 0.380. The van der Waals surface area contributed by atoms with Gasteiger partial charge in [0.15, 0.2) is 5.69 Å². The summed E-state index contributed by atoms with van der Waals surface area (Å²) in [6.45, 7) is 4.00. The summed E-state index contributed by atoms with van der Waals surface area (Å²) < 4.78 is 21.8. The molecule has 0 fully saturated rings. The van der Waals surface area contributed by atoms with Crippen LogP contribution in [0, 0.1) is 17.1 Å². The van der Waals surface area contributed by atoms with E-state index in [1.807, 2.05) is 11.6 Å². The van der Waals surface area contributed by atoms with Crippen molar-refractivity contribution in [2.75, 3.05) is 25.5 Å². The van der Waals surface area contributed by atoms with Gasteiger partial charge in [0.05, 0.1) is 24.2 Å². The molecule has 4 heterocycles.